The number of fused-ring (bicyclic) bond motifs is 1. The van der Waals surface area contributed by atoms with Crippen molar-refractivity contribution in [3.8, 4) is 28.5 Å². The first-order valence-corrected chi connectivity index (χ1v) is 11.5. The molecule has 1 aliphatic carbocycles. The average molecular weight is 426 g/mol. The maximum atomic E-state index is 6.34. The molecule has 0 radical (unpaired) electrons. The number of hydrogen-bond donors (Lipinski definition) is 1. The van der Waals surface area contributed by atoms with E-state index in [4.69, 9.17) is 23.9 Å². The lowest BCUT2D eigenvalue weighted by Crippen LogP contribution is -2.29. The minimum atomic E-state index is 0.00277. The van der Waals surface area contributed by atoms with Crippen molar-refractivity contribution in [2.24, 2.45) is 5.92 Å². The maximum Gasteiger partial charge on any atom is 0.226 e. The van der Waals surface area contributed by atoms with Gasteiger partial charge in [0, 0.05) is 18.8 Å². The summed E-state index contributed by atoms with van der Waals surface area (Å²) in [6.07, 6.45) is 8.62. The quantitative estimate of drug-likeness (QED) is 0.758. The second-order valence-corrected chi connectivity index (χ2v) is 8.83. The highest BCUT2D eigenvalue weighted by molar-refractivity contribution is 5.71. The molecule has 1 atom stereocenters. The molecule has 31 heavy (non-hydrogen) atoms. The van der Waals surface area contributed by atoms with Crippen LogP contribution in [0.2, 0.25) is 0 Å². The highest BCUT2D eigenvalue weighted by Crippen LogP contribution is 2.38. The van der Waals surface area contributed by atoms with E-state index >= 15 is 0 Å². The van der Waals surface area contributed by atoms with Crippen molar-refractivity contribution in [1.29, 1.82) is 0 Å². The summed E-state index contributed by atoms with van der Waals surface area (Å²) >= 11 is 0. The molecule has 1 aromatic carbocycles. The van der Waals surface area contributed by atoms with Crippen molar-refractivity contribution in [2.45, 2.75) is 57.6 Å². The van der Waals surface area contributed by atoms with E-state index in [1.54, 1.807) is 0 Å². The molecule has 3 aliphatic rings. The predicted molar refractivity (Wildman–Crippen MR) is 118 cm³/mol. The van der Waals surface area contributed by atoms with E-state index in [9.17, 15) is 0 Å². The summed E-state index contributed by atoms with van der Waals surface area (Å²) in [5, 5.41) is 3.53. The fourth-order valence-corrected chi connectivity index (χ4v) is 4.48. The van der Waals surface area contributed by atoms with Gasteiger partial charge in [-0.2, -0.15) is 4.98 Å². The van der Waals surface area contributed by atoms with Crippen molar-refractivity contribution in [3.05, 3.63) is 24.4 Å². The SMILES string of the molecule is CC1CCC(Nc2ncc(-c3ccc4c(c3)OCCO4)c(O[C@@H]3CCCOC3)n2)CC1. The molecule has 2 fully saturated rings. The number of anilines is 1. The van der Waals surface area contributed by atoms with E-state index in [0.29, 0.717) is 37.7 Å². The van der Waals surface area contributed by atoms with Crippen LogP contribution in [0.3, 0.4) is 0 Å². The first kappa shape index (κ1) is 20.4. The first-order chi connectivity index (χ1) is 15.2. The summed E-state index contributed by atoms with van der Waals surface area (Å²) in [6.45, 7) is 4.84. The largest absolute Gasteiger partial charge is 0.486 e. The first-order valence-electron chi connectivity index (χ1n) is 11.5. The Balaban J connectivity index is 1.42. The van der Waals surface area contributed by atoms with Crippen molar-refractivity contribution in [3.63, 3.8) is 0 Å². The Morgan fingerprint density at radius 3 is 2.65 bits per heavy atom. The highest BCUT2D eigenvalue weighted by atomic mass is 16.6. The van der Waals surface area contributed by atoms with Gasteiger partial charge in [0.15, 0.2) is 11.5 Å². The molecule has 0 spiro atoms. The summed E-state index contributed by atoms with van der Waals surface area (Å²) in [4.78, 5) is 9.42. The second-order valence-electron chi connectivity index (χ2n) is 8.83. The number of rotatable bonds is 5. The molecule has 3 heterocycles. The van der Waals surface area contributed by atoms with Gasteiger partial charge in [-0.3, -0.25) is 0 Å². The zero-order valence-corrected chi connectivity index (χ0v) is 18.1. The minimum absolute atomic E-state index is 0.00277. The molecule has 7 heteroatoms. The molecule has 1 aromatic heterocycles. The van der Waals surface area contributed by atoms with Gasteiger partial charge in [0.05, 0.1) is 12.2 Å². The van der Waals surface area contributed by atoms with Crippen LogP contribution in [0.5, 0.6) is 17.4 Å². The number of ether oxygens (including phenoxy) is 4. The van der Waals surface area contributed by atoms with E-state index in [1.165, 1.54) is 12.8 Å². The Morgan fingerprint density at radius 2 is 1.84 bits per heavy atom. The molecule has 7 nitrogen and oxygen atoms in total. The second kappa shape index (κ2) is 9.30. The van der Waals surface area contributed by atoms with Crippen LogP contribution in [0.25, 0.3) is 11.1 Å². The Bertz CT molecular complexity index is 892. The number of nitrogens with zero attached hydrogens (tertiary/aromatic N) is 2. The zero-order chi connectivity index (χ0) is 21.0. The van der Waals surface area contributed by atoms with Gasteiger partial charge in [0.2, 0.25) is 11.8 Å². The monoisotopic (exact) mass is 425 g/mol. The van der Waals surface area contributed by atoms with Crippen molar-refractivity contribution >= 4 is 5.95 Å². The van der Waals surface area contributed by atoms with Crippen LogP contribution in [-0.2, 0) is 4.74 Å². The lowest BCUT2D eigenvalue weighted by atomic mass is 9.87. The average Bonchev–Trinajstić information content (AvgIpc) is 2.81. The van der Waals surface area contributed by atoms with Crippen LogP contribution in [0, 0.1) is 5.92 Å². The predicted octanol–water partition coefficient (Wildman–Crippen LogP) is 4.46. The third kappa shape index (κ3) is 4.87. The van der Waals surface area contributed by atoms with E-state index in [0.717, 1.165) is 60.8 Å². The fraction of sp³-hybridized carbons (Fsp3) is 0.583. The van der Waals surface area contributed by atoms with Crippen LogP contribution >= 0.6 is 0 Å². The highest BCUT2D eigenvalue weighted by Gasteiger charge is 2.23. The van der Waals surface area contributed by atoms with Crippen LogP contribution in [0.4, 0.5) is 5.95 Å². The molecule has 2 aromatic rings. The summed E-state index contributed by atoms with van der Waals surface area (Å²) in [7, 11) is 0. The van der Waals surface area contributed by atoms with E-state index in [2.05, 4.69) is 17.2 Å². The topological polar surface area (TPSA) is 74.7 Å². The lowest BCUT2D eigenvalue weighted by molar-refractivity contribution is 0.00578. The van der Waals surface area contributed by atoms with E-state index in [1.807, 2.05) is 24.4 Å². The summed E-state index contributed by atoms with van der Waals surface area (Å²) in [5.41, 5.74) is 1.80. The molecule has 1 N–H and O–H groups in total. The van der Waals surface area contributed by atoms with Crippen LogP contribution < -0.4 is 19.5 Å². The van der Waals surface area contributed by atoms with Gasteiger partial charge in [-0.25, -0.2) is 4.98 Å². The molecule has 0 amide bonds. The van der Waals surface area contributed by atoms with E-state index < -0.39 is 0 Å². The van der Waals surface area contributed by atoms with Gasteiger partial charge in [-0.15, -0.1) is 0 Å². The van der Waals surface area contributed by atoms with E-state index in [-0.39, 0.29) is 6.10 Å². The smallest absolute Gasteiger partial charge is 0.226 e. The lowest BCUT2D eigenvalue weighted by Gasteiger charge is -2.27. The number of benzene rings is 1. The van der Waals surface area contributed by atoms with Gasteiger partial charge in [-0.1, -0.05) is 13.0 Å². The fourth-order valence-electron chi connectivity index (χ4n) is 4.48. The van der Waals surface area contributed by atoms with Crippen LogP contribution in [-0.4, -0.2) is 48.5 Å². The summed E-state index contributed by atoms with van der Waals surface area (Å²) in [5.74, 6) is 3.54. The molecule has 166 valence electrons. The van der Waals surface area contributed by atoms with Gasteiger partial charge in [-0.05, 0) is 62.1 Å². The van der Waals surface area contributed by atoms with Crippen molar-refractivity contribution in [2.75, 3.05) is 31.7 Å². The van der Waals surface area contributed by atoms with Crippen molar-refractivity contribution in [1.82, 2.24) is 9.97 Å². The van der Waals surface area contributed by atoms with Crippen LogP contribution in [0.15, 0.2) is 24.4 Å². The normalized spacial score (nSPS) is 25.6. The molecular formula is C24H31N3O4. The molecule has 0 unspecified atom stereocenters. The minimum Gasteiger partial charge on any atom is -0.486 e. The molecule has 5 rings (SSSR count). The summed E-state index contributed by atoms with van der Waals surface area (Å²) in [6, 6.07) is 6.34. The van der Waals surface area contributed by atoms with Crippen LogP contribution in [0.1, 0.15) is 45.4 Å². The van der Waals surface area contributed by atoms with Gasteiger partial charge >= 0.3 is 0 Å². The Kier molecular flexibility index (Phi) is 6.11. The third-order valence-electron chi connectivity index (χ3n) is 6.35. The third-order valence-corrected chi connectivity index (χ3v) is 6.35. The van der Waals surface area contributed by atoms with Crippen molar-refractivity contribution < 1.29 is 18.9 Å². The molecule has 1 saturated heterocycles. The Hall–Kier alpha value is -2.54. The zero-order valence-electron chi connectivity index (χ0n) is 18.1. The maximum absolute atomic E-state index is 6.34. The summed E-state index contributed by atoms with van der Waals surface area (Å²) < 4.78 is 23.4. The molecule has 1 saturated carbocycles. The van der Waals surface area contributed by atoms with Gasteiger partial charge in [0.1, 0.15) is 19.3 Å². The standard InChI is InChI=1S/C24H31N3O4/c1-16-4-7-18(8-5-16)26-24-25-14-20(23(27-24)31-19-3-2-10-28-15-19)17-6-9-21-22(13-17)30-12-11-29-21/h6,9,13-14,16,18-19H,2-5,7-8,10-12,15H2,1H3,(H,25,26,27)/t16?,18?,19-/m1/s1. The Labute approximate surface area is 183 Å². The molecule has 2 aliphatic heterocycles. The molecular weight excluding hydrogens is 394 g/mol. The molecule has 0 bridgehead atoms. The number of aromatic nitrogens is 2. The number of hydrogen-bond acceptors (Lipinski definition) is 7. The van der Waals surface area contributed by atoms with Gasteiger partial charge in [0.25, 0.3) is 0 Å². The Morgan fingerprint density at radius 1 is 1.00 bits per heavy atom. The van der Waals surface area contributed by atoms with Gasteiger partial charge < -0.3 is 24.3 Å². The number of nitrogens with one attached hydrogen (secondary N) is 1.